The van der Waals surface area contributed by atoms with Crippen molar-refractivity contribution in [2.75, 3.05) is 11.1 Å². The summed E-state index contributed by atoms with van der Waals surface area (Å²) in [6.07, 6.45) is 1.43. The Hall–Kier alpha value is -1.81. The molecule has 4 nitrogen and oxygen atoms in total. The van der Waals surface area contributed by atoms with Gasteiger partial charge in [0.2, 0.25) is 0 Å². The van der Waals surface area contributed by atoms with Crippen LogP contribution in [0.3, 0.4) is 0 Å². The lowest BCUT2D eigenvalue weighted by molar-refractivity contribution is 1.14. The van der Waals surface area contributed by atoms with E-state index in [4.69, 9.17) is 17.3 Å². The van der Waals surface area contributed by atoms with E-state index in [2.05, 4.69) is 15.3 Å². The molecule has 82 valence electrons. The fourth-order valence-electron chi connectivity index (χ4n) is 1.26. The second-order valence-corrected chi connectivity index (χ2v) is 3.80. The van der Waals surface area contributed by atoms with Gasteiger partial charge in [0, 0.05) is 16.3 Å². The Morgan fingerprint density at radius 1 is 1.19 bits per heavy atom. The molecule has 0 amide bonds. The van der Waals surface area contributed by atoms with Gasteiger partial charge in [0.15, 0.2) is 0 Å². The van der Waals surface area contributed by atoms with Crippen LogP contribution in [0.2, 0.25) is 5.02 Å². The molecule has 0 spiro atoms. The van der Waals surface area contributed by atoms with Gasteiger partial charge in [-0.25, -0.2) is 9.97 Å². The first-order chi connectivity index (χ1) is 7.66. The maximum absolute atomic E-state index is 5.80. The molecule has 0 bridgehead atoms. The van der Waals surface area contributed by atoms with Gasteiger partial charge in [-0.1, -0.05) is 11.6 Å². The van der Waals surface area contributed by atoms with E-state index >= 15 is 0 Å². The van der Waals surface area contributed by atoms with E-state index in [-0.39, 0.29) is 0 Å². The van der Waals surface area contributed by atoms with Gasteiger partial charge in [-0.05, 0) is 31.2 Å². The van der Waals surface area contributed by atoms with Crippen LogP contribution in [0.5, 0.6) is 0 Å². The van der Waals surface area contributed by atoms with Crippen molar-refractivity contribution < 1.29 is 0 Å². The Bertz CT molecular complexity index is 496. The van der Waals surface area contributed by atoms with Gasteiger partial charge in [-0.2, -0.15) is 0 Å². The van der Waals surface area contributed by atoms with Gasteiger partial charge in [0.25, 0.3) is 0 Å². The van der Waals surface area contributed by atoms with Crippen molar-refractivity contribution in [2.45, 2.75) is 6.92 Å². The summed E-state index contributed by atoms with van der Waals surface area (Å²) in [6.45, 7) is 1.87. The van der Waals surface area contributed by atoms with Crippen molar-refractivity contribution in [3.05, 3.63) is 41.2 Å². The molecular formula is C11H11ClN4. The molecule has 1 aromatic carbocycles. The summed E-state index contributed by atoms with van der Waals surface area (Å²) in [4.78, 5) is 8.02. The zero-order chi connectivity index (χ0) is 11.5. The van der Waals surface area contributed by atoms with Crippen LogP contribution in [0.4, 0.5) is 17.3 Å². The Kier molecular flexibility index (Phi) is 2.92. The first kappa shape index (κ1) is 10.7. The largest absolute Gasteiger partial charge is 0.383 e. The number of nitrogens with zero attached hydrogens (tertiary/aromatic N) is 2. The van der Waals surface area contributed by atoms with Gasteiger partial charge in [0.05, 0.1) is 0 Å². The van der Waals surface area contributed by atoms with Crippen LogP contribution in [-0.2, 0) is 0 Å². The molecule has 0 aliphatic rings. The van der Waals surface area contributed by atoms with Gasteiger partial charge < -0.3 is 11.1 Å². The summed E-state index contributed by atoms with van der Waals surface area (Å²) >= 11 is 5.80. The van der Waals surface area contributed by atoms with Crippen LogP contribution in [0.1, 0.15) is 5.56 Å². The summed E-state index contributed by atoms with van der Waals surface area (Å²) < 4.78 is 0. The number of aromatic nitrogens is 2. The minimum atomic E-state index is 0.478. The molecule has 16 heavy (non-hydrogen) atoms. The third-order valence-electron chi connectivity index (χ3n) is 2.23. The van der Waals surface area contributed by atoms with Gasteiger partial charge in [-0.3, -0.25) is 0 Å². The standard InChI is InChI=1S/C11H11ClN4/c1-7-10(13)14-6-15-11(7)16-9-4-2-8(12)3-5-9/h2-6H,1H3,(H3,13,14,15,16). The average Bonchev–Trinajstić information content (AvgIpc) is 2.28. The van der Waals surface area contributed by atoms with Gasteiger partial charge in [0.1, 0.15) is 18.0 Å². The van der Waals surface area contributed by atoms with Crippen LogP contribution >= 0.6 is 11.6 Å². The topological polar surface area (TPSA) is 63.8 Å². The Morgan fingerprint density at radius 3 is 2.56 bits per heavy atom. The fraction of sp³-hybridized carbons (Fsp3) is 0.0909. The monoisotopic (exact) mass is 234 g/mol. The predicted octanol–water partition coefficient (Wildman–Crippen LogP) is 2.76. The van der Waals surface area contributed by atoms with Crippen molar-refractivity contribution in [1.82, 2.24) is 9.97 Å². The van der Waals surface area contributed by atoms with Crippen molar-refractivity contribution >= 4 is 28.9 Å². The highest BCUT2D eigenvalue weighted by Gasteiger charge is 2.03. The van der Waals surface area contributed by atoms with Crippen molar-refractivity contribution in [1.29, 1.82) is 0 Å². The summed E-state index contributed by atoms with van der Waals surface area (Å²) in [5.74, 6) is 1.18. The van der Waals surface area contributed by atoms with E-state index in [1.165, 1.54) is 6.33 Å². The highest BCUT2D eigenvalue weighted by atomic mass is 35.5. The molecule has 2 rings (SSSR count). The number of nitrogens with two attached hydrogens (primary N) is 1. The Balaban J connectivity index is 2.27. The molecule has 0 atom stereocenters. The summed E-state index contributed by atoms with van der Waals surface area (Å²) in [6, 6.07) is 7.37. The van der Waals surface area contributed by atoms with Gasteiger partial charge in [-0.15, -0.1) is 0 Å². The second-order valence-electron chi connectivity index (χ2n) is 3.36. The molecule has 0 fully saturated rings. The summed E-state index contributed by atoms with van der Waals surface area (Å²) in [5.41, 5.74) is 7.43. The molecular weight excluding hydrogens is 224 g/mol. The average molecular weight is 235 g/mol. The SMILES string of the molecule is Cc1c(N)ncnc1Nc1ccc(Cl)cc1. The normalized spacial score (nSPS) is 10.1. The maximum Gasteiger partial charge on any atom is 0.138 e. The number of rotatable bonds is 2. The van der Waals surface area contributed by atoms with Crippen molar-refractivity contribution in [3.8, 4) is 0 Å². The van der Waals surface area contributed by atoms with E-state index in [0.717, 1.165) is 11.3 Å². The fourth-order valence-corrected chi connectivity index (χ4v) is 1.39. The maximum atomic E-state index is 5.80. The second kappa shape index (κ2) is 4.37. The molecule has 1 heterocycles. The molecule has 3 N–H and O–H groups in total. The van der Waals surface area contributed by atoms with E-state index in [1.807, 2.05) is 31.2 Å². The van der Waals surface area contributed by atoms with Crippen LogP contribution in [0.25, 0.3) is 0 Å². The molecule has 0 radical (unpaired) electrons. The molecule has 2 aromatic rings. The smallest absolute Gasteiger partial charge is 0.138 e. The number of benzene rings is 1. The number of nitrogens with one attached hydrogen (secondary N) is 1. The zero-order valence-electron chi connectivity index (χ0n) is 8.74. The molecule has 0 aliphatic carbocycles. The summed E-state index contributed by atoms with van der Waals surface area (Å²) in [5, 5.41) is 3.85. The van der Waals surface area contributed by atoms with E-state index < -0.39 is 0 Å². The number of hydrogen-bond donors (Lipinski definition) is 2. The molecule has 1 aromatic heterocycles. The van der Waals surface area contributed by atoms with Crippen molar-refractivity contribution in [2.24, 2.45) is 0 Å². The zero-order valence-corrected chi connectivity index (χ0v) is 9.49. The Labute approximate surface area is 98.5 Å². The quantitative estimate of drug-likeness (QED) is 0.839. The number of hydrogen-bond acceptors (Lipinski definition) is 4. The van der Waals surface area contributed by atoms with Crippen LogP contribution < -0.4 is 11.1 Å². The summed E-state index contributed by atoms with van der Waals surface area (Å²) in [7, 11) is 0. The first-order valence-electron chi connectivity index (χ1n) is 4.76. The van der Waals surface area contributed by atoms with Gasteiger partial charge >= 0.3 is 0 Å². The number of nitrogen functional groups attached to an aromatic ring is 1. The lowest BCUT2D eigenvalue weighted by Crippen LogP contribution is -2.01. The van der Waals surface area contributed by atoms with Crippen LogP contribution in [0, 0.1) is 6.92 Å². The van der Waals surface area contributed by atoms with E-state index in [9.17, 15) is 0 Å². The number of halogens is 1. The lowest BCUT2D eigenvalue weighted by Gasteiger charge is -2.09. The number of anilines is 3. The molecule has 0 aliphatic heterocycles. The molecule has 0 saturated heterocycles. The third kappa shape index (κ3) is 2.23. The van der Waals surface area contributed by atoms with E-state index in [0.29, 0.717) is 16.7 Å². The van der Waals surface area contributed by atoms with Crippen LogP contribution in [0.15, 0.2) is 30.6 Å². The minimum absolute atomic E-state index is 0.478. The van der Waals surface area contributed by atoms with E-state index in [1.54, 1.807) is 0 Å². The highest BCUT2D eigenvalue weighted by Crippen LogP contribution is 2.21. The highest BCUT2D eigenvalue weighted by molar-refractivity contribution is 6.30. The first-order valence-corrected chi connectivity index (χ1v) is 5.14. The molecule has 0 unspecified atom stereocenters. The third-order valence-corrected chi connectivity index (χ3v) is 2.48. The predicted molar refractivity (Wildman–Crippen MR) is 65.9 cm³/mol. The minimum Gasteiger partial charge on any atom is -0.383 e. The van der Waals surface area contributed by atoms with Crippen molar-refractivity contribution in [3.63, 3.8) is 0 Å². The molecule has 0 saturated carbocycles. The Morgan fingerprint density at radius 2 is 1.88 bits per heavy atom. The molecule has 5 heteroatoms. The lowest BCUT2D eigenvalue weighted by atomic mass is 10.3. The van der Waals surface area contributed by atoms with Crippen LogP contribution in [-0.4, -0.2) is 9.97 Å².